The van der Waals surface area contributed by atoms with Crippen LogP contribution in [0.2, 0.25) is 0 Å². The number of hydrogen-bond acceptors (Lipinski definition) is 4. The minimum Gasteiger partial charge on any atom is -0.264 e. The lowest BCUT2D eigenvalue weighted by Crippen LogP contribution is -2.42. The van der Waals surface area contributed by atoms with Gasteiger partial charge in [0, 0.05) is 29.8 Å². The van der Waals surface area contributed by atoms with E-state index in [4.69, 9.17) is 0 Å². The van der Waals surface area contributed by atoms with Crippen molar-refractivity contribution < 1.29 is 9.85 Å². The summed E-state index contributed by atoms with van der Waals surface area (Å²) in [5.74, 6) is 0. The molecule has 0 bridgehead atoms. The second-order valence-electron chi connectivity index (χ2n) is 4.23. The molecule has 0 amide bonds. The van der Waals surface area contributed by atoms with Gasteiger partial charge in [-0.15, -0.1) is 0 Å². The maximum atomic E-state index is 11.1. The zero-order chi connectivity index (χ0) is 12.5. The molecule has 0 N–H and O–H groups in total. The first-order chi connectivity index (χ1) is 7.31. The minimum absolute atomic E-state index is 0.0889. The van der Waals surface area contributed by atoms with E-state index in [0.29, 0.717) is 11.1 Å². The van der Waals surface area contributed by atoms with Gasteiger partial charge < -0.3 is 0 Å². The van der Waals surface area contributed by atoms with Gasteiger partial charge in [-0.05, 0) is 19.4 Å². The molecule has 88 valence electrons. The third-order valence-corrected chi connectivity index (χ3v) is 3.19. The van der Waals surface area contributed by atoms with Crippen molar-refractivity contribution in [2.24, 2.45) is 0 Å². The molecule has 0 saturated carbocycles. The van der Waals surface area contributed by atoms with Crippen molar-refractivity contribution >= 4 is 0 Å². The quantitative estimate of drug-likeness (QED) is 0.419. The van der Waals surface area contributed by atoms with Gasteiger partial charge in [0.25, 0.3) is 0 Å². The molecule has 1 atom stereocenters. The van der Waals surface area contributed by atoms with Gasteiger partial charge >= 0.3 is 0 Å². The zero-order valence-corrected chi connectivity index (χ0v) is 9.36. The first-order valence-electron chi connectivity index (χ1n) is 4.95. The molecule has 0 saturated heterocycles. The van der Waals surface area contributed by atoms with E-state index in [0.717, 1.165) is 0 Å². The van der Waals surface area contributed by atoms with Crippen molar-refractivity contribution in [2.45, 2.75) is 38.6 Å². The molecule has 0 fully saturated rings. The van der Waals surface area contributed by atoms with Gasteiger partial charge in [-0.2, -0.15) is 0 Å². The molecule has 0 aromatic heterocycles. The fraction of sp³-hybridized carbons (Fsp3) is 0.600. The lowest BCUT2D eigenvalue weighted by molar-refractivity contribution is -0.562. The van der Waals surface area contributed by atoms with Crippen LogP contribution in [0.5, 0.6) is 0 Å². The molecule has 0 aliphatic heterocycles. The van der Waals surface area contributed by atoms with Gasteiger partial charge in [0.15, 0.2) is 0 Å². The number of nitro groups is 2. The Labute approximate surface area is 92.9 Å². The van der Waals surface area contributed by atoms with E-state index in [-0.39, 0.29) is 29.9 Å². The molecule has 0 aromatic carbocycles. The lowest BCUT2D eigenvalue weighted by atomic mass is 9.77. The second kappa shape index (κ2) is 4.03. The molecule has 0 aromatic rings. The van der Waals surface area contributed by atoms with E-state index in [1.807, 2.05) is 0 Å². The van der Waals surface area contributed by atoms with Crippen LogP contribution in [0.15, 0.2) is 23.4 Å². The minimum atomic E-state index is -1.22. The van der Waals surface area contributed by atoms with Gasteiger partial charge in [0.05, 0.1) is 4.92 Å². The summed E-state index contributed by atoms with van der Waals surface area (Å²) in [5.41, 5.74) is -0.169. The maximum absolute atomic E-state index is 11.1. The van der Waals surface area contributed by atoms with Crippen LogP contribution in [-0.4, -0.2) is 15.4 Å². The van der Waals surface area contributed by atoms with Crippen LogP contribution in [0.3, 0.4) is 0 Å². The summed E-state index contributed by atoms with van der Waals surface area (Å²) < 4.78 is 0. The van der Waals surface area contributed by atoms with Crippen LogP contribution >= 0.6 is 0 Å². The molecule has 1 unspecified atom stereocenters. The molecule has 6 heteroatoms. The number of nitrogens with zero attached hydrogens (tertiary/aromatic N) is 2. The van der Waals surface area contributed by atoms with Crippen LogP contribution < -0.4 is 0 Å². The fourth-order valence-electron chi connectivity index (χ4n) is 2.09. The predicted molar refractivity (Wildman–Crippen MR) is 58.1 cm³/mol. The van der Waals surface area contributed by atoms with Crippen molar-refractivity contribution in [1.82, 2.24) is 0 Å². The van der Waals surface area contributed by atoms with E-state index < -0.39 is 10.5 Å². The molecule has 1 aliphatic carbocycles. The van der Waals surface area contributed by atoms with Crippen molar-refractivity contribution in [1.29, 1.82) is 0 Å². The third-order valence-electron chi connectivity index (χ3n) is 3.19. The molecule has 1 aliphatic rings. The summed E-state index contributed by atoms with van der Waals surface area (Å²) >= 11 is 0. The third kappa shape index (κ3) is 1.82. The number of allylic oxidation sites excluding steroid dienone is 1. The topological polar surface area (TPSA) is 86.3 Å². The molecule has 1 rings (SSSR count). The van der Waals surface area contributed by atoms with Crippen LogP contribution in [0.4, 0.5) is 0 Å². The molecule has 0 radical (unpaired) electrons. The summed E-state index contributed by atoms with van der Waals surface area (Å²) in [5, 5.41) is 21.8. The number of rotatable bonds is 3. The molecule has 16 heavy (non-hydrogen) atoms. The summed E-state index contributed by atoms with van der Waals surface area (Å²) in [4.78, 5) is 21.0. The normalized spacial score (nSPS) is 25.4. The summed E-state index contributed by atoms with van der Waals surface area (Å²) in [6.07, 6.45) is 0.376. The van der Waals surface area contributed by atoms with E-state index in [1.54, 1.807) is 13.8 Å². The molecule has 0 heterocycles. The Balaban J connectivity index is 3.13. The van der Waals surface area contributed by atoms with E-state index in [2.05, 4.69) is 6.58 Å². The molecule has 0 spiro atoms. The highest BCUT2D eigenvalue weighted by Crippen LogP contribution is 2.39. The van der Waals surface area contributed by atoms with Gasteiger partial charge in [0.1, 0.15) is 0 Å². The number of hydrogen-bond donors (Lipinski definition) is 0. The average Bonchev–Trinajstić information content (AvgIpc) is 2.15. The van der Waals surface area contributed by atoms with Crippen LogP contribution in [0.25, 0.3) is 0 Å². The summed E-state index contributed by atoms with van der Waals surface area (Å²) in [6, 6.07) is 0. The highest BCUT2D eigenvalue weighted by Gasteiger charge is 2.48. The summed E-state index contributed by atoms with van der Waals surface area (Å²) in [7, 11) is 0. The monoisotopic (exact) mass is 226 g/mol. The summed E-state index contributed by atoms with van der Waals surface area (Å²) in [6.45, 7) is 6.83. The van der Waals surface area contributed by atoms with Crippen LogP contribution in [0, 0.1) is 20.2 Å². The standard InChI is InChI=1S/C10H14N2O4/c1-7(2)10(12(15)16)5-4-9(11(13)14)8(3)6-10/h1,4-6H2,2-3H3. The highest BCUT2D eigenvalue weighted by molar-refractivity contribution is 5.22. The van der Waals surface area contributed by atoms with Crippen molar-refractivity contribution in [3.63, 3.8) is 0 Å². The lowest BCUT2D eigenvalue weighted by Gasteiger charge is -2.28. The Hall–Kier alpha value is -1.72. The van der Waals surface area contributed by atoms with Gasteiger partial charge in [-0.1, -0.05) is 6.58 Å². The highest BCUT2D eigenvalue weighted by atomic mass is 16.6. The SMILES string of the molecule is C=C(C)C1([N+](=O)[O-])CCC([N+](=O)[O-])=C(C)C1. The van der Waals surface area contributed by atoms with Crippen molar-refractivity contribution in [2.75, 3.05) is 0 Å². The second-order valence-corrected chi connectivity index (χ2v) is 4.23. The fourth-order valence-corrected chi connectivity index (χ4v) is 2.09. The Morgan fingerprint density at radius 2 is 2.00 bits per heavy atom. The van der Waals surface area contributed by atoms with E-state index in [1.165, 1.54) is 0 Å². The maximum Gasteiger partial charge on any atom is 0.247 e. The first kappa shape index (κ1) is 12.4. The van der Waals surface area contributed by atoms with Crippen molar-refractivity contribution in [3.8, 4) is 0 Å². The smallest absolute Gasteiger partial charge is 0.247 e. The predicted octanol–water partition coefficient (Wildman–Crippen LogP) is 2.31. The van der Waals surface area contributed by atoms with Crippen LogP contribution in [0.1, 0.15) is 33.1 Å². The van der Waals surface area contributed by atoms with Crippen LogP contribution in [-0.2, 0) is 0 Å². The Morgan fingerprint density at radius 1 is 1.44 bits per heavy atom. The molecular weight excluding hydrogens is 212 g/mol. The zero-order valence-electron chi connectivity index (χ0n) is 9.36. The largest absolute Gasteiger partial charge is 0.264 e. The van der Waals surface area contributed by atoms with E-state index in [9.17, 15) is 20.2 Å². The molecular formula is C10H14N2O4. The van der Waals surface area contributed by atoms with Gasteiger partial charge in [-0.25, -0.2) is 0 Å². The van der Waals surface area contributed by atoms with Gasteiger partial charge in [-0.3, -0.25) is 20.2 Å². The van der Waals surface area contributed by atoms with Crippen molar-refractivity contribution in [3.05, 3.63) is 43.7 Å². The Morgan fingerprint density at radius 3 is 2.31 bits per heavy atom. The van der Waals surface area contributed by atoms with E-state index >= 15 is 0 Å². The average molecular weight is 226 g/mol. The molecule has 6 nitrogen and oxygen atoms in total. The Kier molecular flexibility index (Phi) is 3.11. The van der Waals surface area contributed by atoms with Gasteiger partial charge in [0.2, 0.25) is 11.2 Å². The first-order valence-corrected chi connectivity index (χ1v) is 4.95. The Bertz CT molecular complexity index is 384.